The maximum atomic E-state index is 12.6. The number of likely N-dealkylation sites (tertiary alicyclic amines) is 2. The van der Waals surface area contributed by atoms with Crippen molar-refractivity contribution in [2.24, 2.45) is 5.92 Å². The number of carboxylic acid groups (broad SMARTS) is 1. The number of nitrogens with zero attached hydrogens (tertiary/aromatic N) is 2. The molecule has 0 aromatic rings. The molecule has 2 aliphatic heterocycles. The van der Waals surface area contributed by atoms with E-state index in [4.69, 9.17) is 0 Å². The second-order valence-electron chi connectivity index (χ2n) is 5.92. The van der Waals surface area contributed by atoms with Gasteiger partial charge >= 0.3 is 12.0 Å². The van der Waals surface area contributed by atoms with Crippen LogP contribution >= 0.6 is 0 Å². The average Bonchev–Trinajstić information content (AvgIpc) is 2.37. The van der Waals surface area contributed by atoms with E-state index >= 15 is 0 Å². The molecule has 2 saturated heterocycles. The van der Waals surface area contributed by atoms with Crippen molar-refractivity contribution in [1.82, 2.24) is 9.80 Å². The van der Waals surface area contributed by atoms with Crippen molar-refractivity contribution < 1.29 is 14.7 Å². The Hall–Kier alpha value is -1.26. The lowest BCUT2D eigenvalue weighted by atomic mass is 9.91. The number of amides is 2. The quantitative estimate of drug-likeness (QED) is 0.792. The van der Waals surface area contributed by atoms with Gasteiger partial charge in [-0.15, -0.1) is 0 Å². The normalized spacial score (nSPS) is 32.2. The summed E-state index contributed by atoms with van der Waals surface area (Å²) >= 11 is 0. The summed E-state index contributed by atoms with van der Waals surface area (Å²) in [6.07, 6.45) is 4.99. The molecular weight excluding hydrogens is 244 g/mol. The van der Waals surface area contributed by atoms with Gasteiger partial charge < -0.3 is 14.9 Å². The molecule has 0 bridgehead atoms. The van der Waals surface area contributed by atoms with Crippen LogP contribution in [0.25, 0.3) is 0 Å². The zero-order valence-electron chi connectivity index (χ0n) is 11.8. The SMILES string of the molecule is CC1CCCN(C(=O)N2CCCCC2C)C1C(=O)O. The molecule has 19 heavy (non-hydrogen) atoms. The van der Waals surface area contributed by atoms with Gasteiger partial charge in [0.05, 0.1) is 0 Å². The number of hydrogen-bond donors (Lipinski definition) is 1. The predicted octanol–water partition coefficient (Wildman–Crippen LogP) is 2.17. The molecule has 0 spiro atoms. The van der Waals surface area contributed by atoms with E-state index in [0.29, 0.717) is 6.54 Å². The molecule has 0 aromatic heterocycles. The summed E-state index contributed by atoms with van der Waals surface area (Å²) in [5.41, 5.74) is 0. The zero-order chi connectivity index (χ0) is 14.0. The third kappa shape index (κ3) is 2.85. The number of carbonyl (C=O) groups is 2. The van der Waals surface area contributed by atoms with Crippen molar-refractivity contribution in [3.05, 3.63) is 0 Å². The van der Waals surface area contributed by atoms with E-state index in [1.54, 1.807) is 4.90 Å². The number of hydrogen-bond acceptors (Lipinski definition) is 2. The first-order valence-corrected chi connectivity index (χ1v) is 7.32. The molecular formula is C14H24N2O3. The molecule has 0 aromatic carbocycles. The number of carboxylic acids is 1. The highest BCUT2D eigenvalue weighted by Crippen LogP contribution is 2.27. The Kier molecular flexibility index (Phi) is 4.32. The van der Waals surface area contributed by atoms with E-state index in [0.717, 1.165) is 38.6 Å². The summed E-state index contributed by atoms with van der Waals surface area (Å²) in [6.45, 7) is 5.32. The highest BCUT2D eigenvalue weighted by molar-refractivity contribution is 5.83. The monoisotopic (exact) mass is 268 g/mol. The second-order valence-corrected chi connectivity index (χ2v) is 5.92. The van der Waals surface area contributed by atoms with Gasteiger partial charge in [-0.3, -0.25) is 0 Å². The fourth-order valence-corrected chi connectivity index (χ4v) is 3.33. The lowest BCUT2D eigenvalue weighted by Crippen LogP contribution is -2.58. The number of piperidine rings is 2. The summed E-state index contributed by atoms with van der Waals surface area (Å²) in [5.74, 6) is -0.833. The Balaban J connectivity index is 2.13. The molecule has 5 nitrogen and oxygen atoms in total. The van der Waals surface area contributed by atoms with Crippen molar-refractivity contribution >= 4 is 12.0 Å². The van der Waals surface area contributed by atoms with Crippen LogP contribution in [0.2, 0.25) is 0 Å². The lowest BCUT2D eigenvalue weighted by Gasteiger charge is -2.43. The maximum absolute atomic E-state index is 12.6. The van der Waals surface area contributed by atoms with Gasteiger partial charge in [0.25, 0.3) is 0 Å². The van der Waals surface area contributed by atoms with Gasteiger partial charge in [-0.25, -0.2) is 9.59 Å². The van der Waals surface area contributed by atoms with Crippen LogP contribution < -0.4 is 0 Å². The van der Waals surface area contributed by atoms with Crippen LogP contribution in [-0.4, -0.2) is 52.1 Å². The first-order chi connectivity index (χ1) is 9.02. The van der Waals surface area contributed by atoms with E-state index in [1.807, 2.05) is 11.8 Å². The summed E-state index contributed by atoms with van der Waals surface area (Å²) in [6, 6.07) is -0.505. The third-order valence-electron chi connectivity index (χ3n) is 4.48. The first kappa shape index (κ1) is 14.2. The number of carbonyl (C=O) groups excluding carboxylic acids is 1. The minimum atomic E-state index is -0.870. The Morgan fingerprint density at radius 2 is 1.68 bits per heavy atom. The van der Waals surface area contributed by atoms with E-state index in [-0.39, 0.29) is 18.0 Å². The van der Waals surface area contributed by atoms with Crippen LogP contribution in [-0.2, 0) is 4.79 Å². The second kappa shape index (κ2) is 5.80. The van der Waals surface area contributed by atoms with Crippen LogP contribution in [0.3, 0.4) is 0 Å². The molecule has 3 atom stereocenters. The third-order valence-corrected chi connectivity index (χ3v) is 4.48. The molecule has 2 fully saturated rings. The smallest absolute Gasteiger partial charge is 0.326 e. The van der Waals surface area contributed by atoms with Gasteiger partial charge in [-0.05, 0) is 44.9 Å². The fraction of sp³-hybridized carbons (Fsp3) is 0.857. The summed E-state index contributed by atoms with van der Waals surface area (Å²) < 4.78 is 0. The van der Waals surface area contributed by atoms with Crippen molar-refractivity contribution in [1.29, 1.82) is 0 Å². The van der Waals surface area contributed by atoms with E-state index in [2.05, 4.69) is 6.92 Å². The molecule has 1 N–H and O–H groups in total. The lowest BCUT2D eigenvalue weighted by molar-refractivity contribution is -0.145. The Labute approximate surface area is 114 Å². The van der Waals surface area contributed by atoms with Gasteiger partial charge in [-0.2, -0.15) is 0 Å². The highest BCUT2D eigenvalue weighted by atomic mass is 16.4. The minimum Gasteiger partial charge on any atom is -0.480 e. The minimum absolute atomic E-state index is 0.0373. The Bertz CT molecular complexity index is 359. The molecule has 2 rings (SSSR count). The topological polar surface area (TPSA) is 60.9 Å². The summed E-state index contributed by atoms with van der Waals surface area (Å²) in [7, 11) is 0. The van der Waals surface area contributed by atoms with E-state index < -0.39 is 12.0 Å². The van der Waals surface area contributed by atoms with Crippen molar-refractivity contribution in [2.45, 2.75) is 58.0 Å². The van der Waals surface area contributed by atoms with Gasteiger partial charge in [0.2, 0.25) is 0 Å². The summed E-state index contributed by atoms with van der Waals surface area (Å²) in [4.78, 5) is 27.5. The van der Waals surface area contributed by atoms with E-state index in [9.17, 15) is 14.7 Å². The van der Waals surface area contributed by atoms with Crippen molar-refractivity contribution in [3.8, 4) is 0 Å². The molecule has 0 saturated carbocycles. The van der Waals surface area contributed by atoms with Crippen LogP contribution in [0.1, 0.15) is 46.0 Å². The van der Waals surface area contributed by atoms with Crippen LogP contribution in [0.5, 0.6) is 0 Å². The molecule has 3 unspecified atom stereocenters. The Morgan fingerprint density at radius 1 is 1.00 bits per heavy atom. The van der Waals surface area contributed by atoms with Crippen molar-refractivity contribution in [3.63, 3.8) is 0 Å². The predicted molar refractivity (Wildman–Crippen MR) is 71.9 cm³/mol. The van der Waals surface area contributed by atoms with Gasteiger partial charge in [-0.1, -0.05) is 6.92 Å². The van der Waals surface area contributed by atoms with Crippen LogP contribution in [0.15, 0.2) is 0 Å². The molecule has 0 radical (unpaired) electrons. The molecule has 2 aliphatic rings. The molecule has 5 heteroatoms. The summed E-state index contributed by atoms with van der Waals surface area (Å²) in [5, 5.41) is 9.38. The number of rotatable bonds is 1. The highest BCUT2D eigenvalue weighted by Gasteiger charge is 2.39. The molecule has 108 valence electrons. The first-order valence-electron chi connectivity index (χ1n) is 7.32. The zero-order valence-corrected chi connectivity index (χ0v) is 11.8. The number of aliphatic carboxylic acids is 1. The maximum Gasteiger partial charge on any atom is 0.326 e. The van der Waals surface area contributed by atoms with Gasteiger partial charge in [0, 0.05) is 19.1 Å². The molecule has 2 heterocycles. The van der Waals surface area contributed by atoms with Gasteiger partial charge in [0.1, 0.15) is 6.04 Å². The van der Waals surface area contributed by atoms with Gasteiger partial charge in [0.15, 0.2) is 0 Å². The Morgan fingerprint density at radius 3 is 2.32 bits per heavy atom. The number of urea groups is 1. The molecule has 2 amide bonds. The van der Waals surface area contributed by atoms with Crippen LogP contribution in [0.4, 0.5) is 4.79 Å². The molecule has 0 aliphatic carbocycles. The van der Waals surface area contributed by atoms with Crippen molar-refractivity contribution in [2.75, 3.05) is 13.1 Å². The van der Waals surface area contributed by atoms with E-state index in [1.165, 1.54) is 0 Å². The largest absolute Gasteiger partial charge is 0.480 e. The standard InChI is InChI=1S/C14H24N2O3/c1-10-6-5-9-16(12(10)13(17)18)14(19)15-8-4-3-7-11(15)2/h10-12H,3-9H2,1-2H3,(H,17,18). The van der Waals surface area contributed by atoms with Crippen LogP contribution in [0, 0.1) is 5.92 Å². The fourth-order valence-electron chi connectivity index (χ4n) is 3.33. The average molecular weight is 268 g/mol.